The Morgan fingerprint density at radius 2 is 2.06 bits per heavy atom. The van der Waals surface area contributed by atoms with E-state index in [1.165, 1.54) is 30.4 Å². The summed E-state index contributed by atoms with van der Waals surface area (Å²) in [5.41, 5.74) is 3.19. The molecular formula is C14H19NO. The first-order valence-corrected chi connectivity index (χ1v) is 6.02. The van der Waals surface area contributed by atoms with Gasteiger partial charge in [-0.3, -0.25) is 4.79 Å². The van der Waals surface area contributed by atoms with E-state index in [2.05, 4.69) is 12.2 Å². The molecule has 16 heavy (non-hydrogen) atoms. The molecule has 0 bridgehead atoms. The molecular weight excluding hydrogens is 198 g/mol. The smallest absolute Gasteiger partial charge is 0.251 e. The topological polar surface area (TPSA) is 29.1 Å². The Labute approximate surface area is 97.1 Å². The molecule has 1 fully saturated rings. The highest BCUT2D eigenvalue weighted by atomic mass is 16.1. The Kier molecular flexibility index (Phi) is 3.28. The Balaban J connectivity index is 1.94. The molecule has 0 heterocycles. The van der Waals surface area contributed by atoms with Gasteiger partial charge in [0.25, 0.3) is 5.91 Å². The lowest BCUT2D eigenvalue weighted by molar-refractivity contribution is 0.0939. The van der Waals surface area contributed by atoms with Gasteiger partial charge < -0.3 is 5.32 Å². The van der Waals surface area contributed by atoms with Gasteiger partial charge in [-0.1, -0.05) is 12.5 Å². The van der Waals surface area contributed by atoms with Crippen LogP contribution in [0, 0.1) is 19.8 Å². The van der Waals surface area contributed by atoms with Crippen molar-refractivity contribution in [3.63, 3.8) is 0 Å². The summed E-state index contributed by atoms with van der Waals surface area (Å²) in [7, 11) is 0. The summed E-state index contributed by atoms with van der Waals surface area (Å²) in [5, 5.41) is 3.01. The predicted octanol–water partition coefficient (Wildman–Crippen LogP) is 2.83. The second-order valence-electron chi connectivity index (χ2n) is 4.81. The van der Waals surface area contributed by atoms with Crippen LogP contribution >= 0.6 is 0 Å². The van der Waals surface area contributed by atoms with Crippen molar-refractivity contribution in [3.05, 3.63) is 34.9 Å². The second kappa shape index (κ2) is 4.69. The standard InChI is InChI=1S/C14H19NO/c1-10-6-7-13(8-11(10)2)14(16)15-9-12-4-3-5-12/h6-8,12H,3-5,9H2,1-2H3,(H,15,16). The predicted molar refractivity (Wildman–Crippen MR) is 65.6 cm³/mol. The number of carbonyl (C=O) groups is 1. The molecule has 2 rings (SSSR count). The highest BCUT2D eigenvalue weighted by molar-refractivity contribution is 5.94. The van der Waals surface area contributed by atoms with E-state index < -0.39 is 0 Å². The third-order valence-electron chi connectivity index (χ3n) is 3.55. The Morgan fingerprint density at radius 1 is 1.31 bits per heavy atom. The van der Waals surface area contributed by atoms with Crippen LogP contribution in [0.4, 0.5) is 0 Å². The maximum atomic E-state index is 11.8. The molecule has 0 saturated heterocycles. The number of rotatable bonds is 3. The molecule has 2 nitrogen and oxygen atoms in total. The molecule has 1 aromatic carbocycles. The molecule has 1 saturated carbocycles. The van der Waals surface area contributed by atoms with Crippen LogP contribution < -0.4 is 5.32 Å². The fourth-order valence-electron chi connectivity index (χ4n) is 1.92. The van der Waals surface area contributed by atoms with Gasteiger partial charge in [-0.15, -0.1) is 0 Å². The lowest BCUT2D eigenvalue weighted by Gasteiger charge is -2.25. The fraction of sp³-hybridized carbons (Fsp3) is 0.500. The van der Waals surface area contributed by atoms with Crippen molar-refractivity contribution in [2.75, 3.05) is 6.54 Å². The Morgan fingerprint density at radius 3 is 2.62 bits per heavy atom. The van der Waals surface area contributed by atoms with Crippen LogP contribution in [0.15, 0.2) is 18.2 Å². The summed E-state index contributed by atoms with van der Waals surface area (Å²) in [6.45, 7) is 4.94. The van der Waals surface area contributed by atoms with Crippen LogP contribution in [0.1, 0.15) is 40.7 Å². The van der Waals surface area contributed by atoms with Crippen molar-refractivity contribution in [1.82, 2.24) is 5.32 Å². The maximum Gasteiger partial charge on any atom is 0.251 e. The van der Waals surface area contributed by atoms with E-state index in [0.717, 1.165) is 18.0 Å². The second-order valence-corrected chi connectivity index (χ2v) is 4.81. The molecule has 0 radical (unpaired) electrons. The third-order valence-corrected chi connectivity index (χ3v) is 3.55. The van der Waals surface area contributed by atoms with Gasteiger partial charge in [-0.25, -0.2) is 0 Å². The van der Waals surface area contributed by atoms with Crippen LogP contribution in [0.25, 0.3) is 0 Å². The van der Waals surface area contributed by atoms with Crippen molar-refractivity contribution in [2.24, 2.45) is 5.92 Å². The number of hydrogen-bond acceptors (Lipinski definition) is 1. The normalized spacial score (nSPS) is 15.6. The zero-order valence-electron chi connectivity index (χ0n) is 10.0. The van der Waals surface area contributed by atoms with E-state index >= 15 is 0 Å². The summed E-state index contributed by atoms with van der Waals surface area (Å²) < 4.78 is 0. The summed E-state index contributed by atoms with van der Waals surface area (Å²) in [6.07, 6.45) is 3.87. The highest BCUT2D eigenvalue weighted by Gasteiger charge is 2.18. The molecule has 0 atom stereocenters. The van der Waals surface area contributed by atoms with Crippen molar-refractivity contribution < 1.29 is 4.79 Å². The largest absolute Gasteiger partial charge is 0.352 e. The van der Waals surface area contributed by atoms with E-state index in [1.807, 2.05) is 25.1 Å². The van der Waals surface area contributed by atoms with Gasteiger partial charge >= 0.3 is 0 Å². The summed E-state index contributed by atoms with van der Waals surface area (Å²) >= 11 is 0. The molecule has 1 amide bonds. The van der Waals surface area contributed by atoms with Gasteiger partial charge in [0.2, 0.25) is 0 Å². The van der Waals surface area contributed by atoms with Crippen molar-refractivity contribution in [1.29, 1.82) is 0 Å². The lowest BCUT2D eigenvalue weighted by atomic mass is 9.85. The Hall–Kier alpha value is -1.31. The highest BCUT2D eigenvalue weighted by Crippen LogP contribution is 2.25. The van der Waals surface area contributed by atoms with Crippen LogP contribution in [0.5, 0.6) is 0 Å². The van der Waals surface area contributed by atoms with E-state index in [1.54, 1.807) is 0 Å². The molecule has 86 valence electrons. The quantitative estimate of drug-likeness (QED) is 0.828. The first-order valence-electron chi connectivity index (χ1n) is 6.02. The van der Waals surface area contributed by atoms with Crippen LogP contribution in [0.2, 0.25) is 0 Å². The molecule has 0 unspecified atom stereocenters. The van der Waals surface area contributed by atoms with Gasteiger partial charge in [0, 0.05) is 12.1 Å². The third kappa shape index (κ3) is 2.43. The zero-order chi connectivity index (χ0) is 11.5. The first-order chi connectivity index (χ1) is 7.66. The van der Waals surface area contributed by atoms with Gasteiger partial charge in [0.05, 0.1) is 0 Å². The van der Waals surface area contributed by atoms with Gasteiger partial charge in [-0.05, 0) is 55.9 Å². The van der Waals surface area contributed by atoms with Gasteiger partial charge in [0.1, 0.15) is 0 Å². The summed E-state index contributed by atoms with van der Waals surface area (Å²) in [4.78, 5) is 11.8. The maximum absolute atomic E-state index is 11.8. The van der Waals surface area contributed by atoms with E-state index in [9.17, 15) is 4.79 Å². The molecule has 1 aromatic rings. The molecule has 0 aromatic heterocycles. The van der Waals surface area contributed by atoms with Crippen molar-refractivity contribution >= 4 is 5.91 Å². The molecule has 0 spiro atoms. The minimum atomic E-state index is 0.0648. The van der Waals surface area contributed by atoms with E-state index in [-0.39, 0.29) is 5.91 Å². The fourth-order valence-corrected chi connectivity index (χ4v) is 1.92. The molecule has 1 aliphatic carbocycles. The van der Waals surface area contributed by atoms with Crippen LogP contribution in [0.3, 0.4) is 0 Å². The number of nitrogens with one attached hydrogen (secondary N) is 1. The number of amides is 1. The van der Waals surface area contributed by atoms with Gasteiger partial charge in [-0.2, -0.15) is 0 Å². The number of carbonyl (C=O) groups excluding carboxylic acids is 1. The number of hydrogen-bond donors (Lipinski definition) is 1. The van der Waals surface area contributed by atoms with Crippen molar-refractivity contribution in [3.8, 4) is 0 Å². The van der Waals surface area contributed by atoms with Crippen LogP contribution in [-0.2, 0) is 0 Å². The lowest BCUT2D eigenvalue weighted by Crippen LogP contribution is -2.32. The molecule has 1 N–H and O–H groups in total. The SMILES string of the molecule is Cc1ccc(C(=O)NCC2CCC2)cc1C. The van der Waals surface area contributed by atoms with E-state index in [4.69, 9.17) is 0 Å². The first kappa shape index (κ1) is 11.2. The molecule has 0 aliphatic heterocycles. The van der Waals surface area contributed by atoms with Crippen LogP contribution in [-0.4, -0.2) is 12.5 Å². The van der Waals surface area contributed by atoms with Gasteiger partial charge in [0.15, 0.2) is 0 Å². The van der Waals surface area contributed by atoms with E-state index in [0.29, 0.717) is 0 Å². The monoisotopic (exact) mass is 217 g/mol. The Bertz CT molecular complexity index is 394. The summed E-state index contributed by atoms with van der Waals surface area (Å²) in [6, 6.07) is 5.87. The average Bonchev–Trinajstić information content (AvgIpc) is 2.19. The summed E-state index contributed by atoms with van der Waals surface area (Å²) in [5.74, 6) is 0.783. The molecule has 2 heteroatoms. The van der Waals surface area contributed by atoms with Crippen molar-refractivity contribution in [2.45, 2.75) is 33.1 Å². The minimum Gasteiger partial charge on any atom is -0.352 e. The number of benzene rings is 1. The molecule has 1 aliphatic rings. The average molecular weight is 217 g/mol. The zero-order valence-corrected chi connectivity index (χ0v) is 10.0. The number of aryl methyl sites for hydroxylation is 2. The minimum absolute atomic E-state index is 0.0648.